The van der Waals surface area contributed by atoms with Crippen LogP contribution in [0, 0.1) is 0 Å². The van der Waals surface area contributed by atoms with Crippen LogP contribution >= 0.6 is 0 Å². The number of benzene rings is 2. The summed E-state index contributed by atoms with van der Waals surface area (Å²) in [4.78, 5) is 12.1. The van der Waals surface area contributed by atoms with Crippen LogP contribution in [0.3, 0.4) is 0 Å². The van der Waals surface area contributed by atoms with Gasteiger partial charge < -0.3 is 14.8 Å². The second kappa shape index (κ2) is 6.27. The van der Waals surface area contributed by atoms with Crippen molar-refractivity contribution >= 4 is 11.5 Å². The maximum absolute atomic E-state index is 12.9. The van der Waals surface area contributed by atoms with Crippen LogP contribution < -0.4 is 14.8 Å². The van der Waals surface area contributed by atoms with Gasteiger partial charge in [0, 0.05) is 17.8 Å². The lowest BCUT2D eigenvalue weighted by Gasteiger charge is -2.11. The summed E-state index contributed by atoms with van der Waals surface area (Å²) in [7, 11) is 0. The predicted molar refractivity (Wildman–Crippen MR) is 81.1 cm³/mol. The van der Waals surface area contributed by atoms with Crippen molar-refractivity contribution in [3.05, 3.63) is 65.9 Å². The van der Waals surface area contributed by atoms with Crippen LogP contribution in [0.2, 0.25) is 0 Å². The van der Waals surface area contributed by atoms with Gasteiger partial charge in [0.15, 0.2) is 17.3 Å². The Morgan fingerprint density at radius 3 is 2.62 bits per heavy atom. The number of hydrogen-bond acceptors (Lipinski definition) is 4. The van der Waals surface area contributed by atoms with Crippen LogP contribution in [0.4, 0.5) is 18.9 Å². The molecule has 3 rings (SSSR count). The molecular formula is C17H12F3NO3. The van der Waals surface area contributed by atoms with Gasteiger partial charge in [-0.15, -0.1) is 0 Å². The first kappa shape index (κ1) is 15.9. The Morgan fingerprint density at radius 2 is 1.83 bits per heavy atom. The molecule has 0 atom stereocenters. The first-order valence-electron chi connectivity index (χ1n) is 6.98. The molecule has 0 amide bonds. The fourth-order valence-electron chi connectivity index (χ4n) is 2.21. The van der Waals surface area contributed by atoms with Gasteiger partial charge in [0.2, 0.25) is 6.79 Å². The zero-order chi connectivity index (χ0) is 17.2. The van der Waals surface area contributed by atoms with Gasteiger partial charge in [-0.25, -0.2) is 0 Å². The van der Waals surface area contributed by atoms with E-state index < -0.39 is 11.7 Å². The quantitative estimate of drug-likeness (QED) is 0.670. The van der Waals surface area contributed by atoms with Crippen molar-refractivity contribution in [2.45, 2.75) is 6.18 Å². The lowest BCUT2D eigenvalue weighted by Crippen LogP contribution is -2.08. The first-order chi connectivity index (χ1) is 11.4. The van der Waals surface area contributed by atoms with Crippen molar-refractivity contribution < 1.29 is 27.4 Å². The maximum atomic E-state index is 12.9. The van der Waals surface area contributed by atoms with Crippen LogP contribution in [0.5, 0.6) is 11.5 Å². The monoisotopic (exact) mass is 335 g/mol. The van der Waals surface area contributed by atoms with E-state index in [1.165, 1.54) is 30.5 Å². The molecule has 4 nitrogen and oxygen atoms in total. The molecule has 1 heterocycles. The fourth-order valence-corrected chi connectivity index (χ4v) is 2.21. The molecule has 124 valence electrons. The molecule has 0 bridgehead atoms. The van der Waals surface area contributed by atoms with Gasteiger partial charge in [0.1, 0.15) is 0 Å². The Morgan fingerprint density at radius 1 is 1.08 bits per heavy atom. The molecule has 1 aliphatic rings. The number of nitrogens with one attached hydrogen (secondary N) is 1. The number of ketones is 1. The normalized spacial score (nSPS) is 13.3. The lowest BCUT2D eigenvalue weighted by molar-refractivity contribution is -0.136. The molecule has 0 aliphatic carbocycles. The highest BCUT2D eigenvalue weighted by Crippen LogP contribution is 2.35. The van der Waals surface area contributed by atoms with Gasteiger partial charge in [-0.2, -0.15) is 13.2 Å². The largest absolute Gasteiger partial charge is 0.454 e. The van der Waals surface area contributed by atoms with E-state index in [2.05, 4.69) is 5.32 Å². The number of para-hydroxylation sites is 1. The Balaban J connectivity index is 1.72. The molecule has 1 N–H and O–H groups in total. The lowest BCUT2D eigenvalue weighted by atomic mass is 10.1. The van der Waals surface area contributed by atoms with E-state index in [0.717, 1.165) is 12.1 Å². The second-order valence-electron chi connectivity index (χ2n) is 4.95. The average Bonchev–Trinajstić information content (AvgIpc) is 3.01. The number of halogens is 3. The number of allylic oxidation sites excluding steroid dienone is 1. The zero-order valence-corrected chi connectivity index (χ0v) is 12.3. The van der Waals surface area contributed by atoms with Crippen molar-refractivity contribution in [3.8, 4) is 11.5 Å². The summed E-state index contributed by atoms with van der Waals surface area (Å²) in [5.74, 6) is 0.641. The van der Waals surface area contributed by atoms with E-state index >= 15 is 0 Å². The van der Waals surface area contributed by atoms with E-state index in [1.54, 1.807) is 12.1 Å². The van der Waals surface area contributed by atoms with E-state index in [1.807, 2.05) is 0 Å². The summed E-state index contributed by atoms with van der Waals surface area (Å²) in [6, 6.07) is 9.73. The van der Waals surface area contributed by atoms with Crippen molar-refractivity contribution in [3.63, 3.8) is 0 Å². The fraction of sp³-hybridized carbons (Fsp3) is 0.118. The van der Waals surface area contributed by atoms with Gasteiger partial charge in [-0.3, -0.25) is 4.79 Å². The van der Waals surface area contributed by atoms with Crippen molar-refractivity contribution in [2.24, 2.45) is 0 Å². The number of carbonyl (C=O) groups excluding carboxylic acids is 1. The summed E-state index contributed by atoms with van der Waals surface area (Å²) in [6.45, 7) is 0.0958. The average molecular weight is 335 g/mol. The van der Waals surface area contributed by atoms with Crippen molar-refractivity contribution in [2.75, 3.05) is 12.1 Å². The molecule has 0 unspecified atom stereocenters. The standard InChI is InChI=1S/C17H12F3NO3/c18-17(19,20)12-3-1-2-4-13(12)21-8-7-14(22)11-5-6-15-16(9-11)24-10-23-15/h1-9,21H,10H2/b8-7+. The van der Waals surface area contributed by atoms with Crippen LogP contribution in [0.1, 0.15) is 15.9 Å². The highest BCUT2D eigenvalue weighted by atomic mass is 19.4. The van der Waals surface area contributed by atoms with Gasteiger partial charge in [0.05, 0.1) is 11.3 Å². The summed E-state index contributed by atoms with van der Waals surface area (Å²) in [5, 5.41) is 2.50. The molecule has 2 aromatic rings. The van der Waals surface area contributed by atoms with E-state index in [4.69, 9.17) is 9.47 Å². The number of anilines is 1. The summed E-state index contributed by atoms with van der Waals surface area (Å²) in [5.41, 5.74) is -0.577. The minimum Gasteiger partial charge on any atom is -0.454 e. The predicted octanol–water partition coefficient (Wildman–Crippen LogP) is 4.24. The summed E-state index contributed by atoms with van der Waals surface area (Å²) >= 11 is 0. The molecule has 1 aliphatic heterocycles. The van der Waals surface area contributed by atoms with Crippen LogP contribution in [0.15, 0.2) is 54.7 Å². The third-order valence-corrected chi connectivity index (χ3v) is 3.36. The number of carbonyl (C=O) groups is 1. The molecule has 0 radical (unpaired) electrons. The number of rotatable bonds is 4. The molecule has 24 heavy (non-hydrogen) atoms. The molecule has 0 saturated carbocycles. The number of fused-ring (bicyclic) bond motifs is 1. The van der Waals surface area contributed by atoms with Gasteiger partial charge >= 0.3 is 6.18 Å². The smallest absolute Gasteiger partial charge is 0.418 e. The highest BCUT2D eigenvalue weighted by Gasteiger charge is 2.32. The maximum Gasteiger partial charge on any atom is 0.418 e. The molecule has 0 aromatic heterocycles. The number of alkyl halides is 3. The van der Waals surface area contributed by atoms with Crippen LogP contribution in [0.25, 0.3) is 0 Å². The Kier molecular flexibility index (Phi) is 4.16. The molecular weight excluding hydrogens is 323 g/mol. The van der Waals surface area contributed by atoms with Gasteiger partial charge in [0.25, 0.3) is 0 Å². The first-order valence-corrected chi connectivity index (χ1v) is 6.98. The molecule has 2 aromatic carbocycles. The topological polar surface area (TPSA) is 47.6 Å². The number of hydrogen-bond donors (Lipinski definition) is 1. The third kappa shape index (κ3) is 3.34. The molecule has 0 spiro atoms. The molecule has 7 heteroatoms. The van der Waals surface area contributed by atoms with E-state index in [-0.39, 0.29) is 18.3 Å². The Bertz CT molecular complexity index is 800. The van der Waals surface area contributed by atoms with Gasteiger partial charge in [-0.05, 0) is 30.3 Å². The summed E-state index contributed by atoms with van der Waals surface area (Å²) in [6.07, 6.45) is -2.14. The minimum atomic E-state index is -4.47. The minimum absolute atomic E-state index is 0.0958. The SMILES string of the molecule is O=C(/C=C/Nc1ccccc1C(F)(F)F)c1ccc2c(c1)OCO2. The van der Waals surface area contributed by atoms with Crippen LogP contribution in [-0.4, -0.2) is 12.6 Å². The second-order valence-corrected chi connectivity index (χ2v) is 4.95. The molecule has 0 fully saturated rings. The zero-order valence-electron chi connectivity index (χ0n) is 12.3. The summed E-state index contributed by atoms with van der Waals surface area (Å²) < 4.78 is 48.9. The number of ether oxygens (including phenoxy) is 2. The third-order valence-electron chi connectivity index (χ3n) is 3.36. The van der Waals surface area contributed by atoms with E-state index in [9.17, 15) is 18.0 Å². The van der Waals surface area contributed by atoms with Gasteiger partial charge in [-0.1, -0.05) is 12.1 Å². The van der Waals surface area contributed by atoms with Crippen molar-refractivity contribution in [1.29, 1.82) is 0 Å². The Labute approximate surface area is 135 Å². The van der Waals surface area contributed by atoms with Crippen molar-refractivity contribution in [1.82, 2.24) is 0 Å². The van der Waals surface area contributed by atoms with E-state index in [0.29, 0.717) is 17.1 Å². The van der Waals surface area contributed by atoms with Crippen LogP contribution in [-0.2, 0) is 6.18 Å². The Hall–Kier alpha value is -2.96. The highest BCUT2D eigenvalue weighted by molar-refractivity contribution is 6.05. The molecule has 0 saturated heterocycles.